The Labute approximate surface area is 113 Å². The van der Waals surface area contributed by atoms with Crippen molar-refractivity contribution in [2.45, 2.75) is 26.2 Å². The first-order chi connectivity index (χ1) is 9.20. The second-order valence-corrected chi connectivity index (χ2v) is 4.74. The lowest BCUT2D eigenvalue weighted by atomic mass is 10.3. The highest BCUT2D eigenvalue weighted by Crippen LogP contribution is 2.21. The van der Waals surface area contributed by atoms with Crippen LogP contribution < -0.4 is 9.80 Å². The van der Waals surface area contributed by atoms with Crippen LogP contribution in [0.15, 0.2) is 12.4 Å². The lowest BCUT2D eigenvalue weighted by Gasteiger charge is -2.23. The van der Waals surface area contributed by atoms with Crippen LogP contribution in [0, 0.1) is 0 Å². The van der Waals surface area contributed by atoms with Crippen molar-refractivity contribution < 1.29 is 9.90 Å². The SMILES string of the molecule is CCCN(CC(=O)O)c1cc(N2CCCC2)ncn1. The van der Waals surface area contributed by atoms with Gasteiger partial charge in [-0.05, 0) is 19.3 Å². The van der Waals surface area contributed by atoms with Gasteiger partial charge in [-0.1, -0.05) is 6.92 Å². The van der Waals surface area contributed by atoms with Gasteiger partial charge >= 0.3 is 5.97 Å². The first-order valence-corrected chi connectivity index (χ1v) is 6.74. The molecular formula is C13H20N4O2. The predicted octanol–water partition coefficient (Wildman–Crippen LogP) is 1.38. The molecule has 1 aromatic heterocycles. The number of rotatable bonds is 6. The summed E-state index contributed by atoms with van der Waals surface area (Å²) in [5, 5.41) is 8.96. The first-order valence-electron chi connectivity index (χ1n) is 6.74. The largest absolute Gasteiger partial charge is 0.480 e. The third-order valence-corrected chi connectivity index (χ3v) is 3.21. The standard InChI is InChI=1S/C13H20N4O2/c1-2-5-17(9-13(18)19)12-8-11(14-10-15-12)16-6-3-4-7-16/h8,10H,2-7,9H2,1H3,(H,18,19). The van der Waals surface area contributed by atoms with E-state index in [9.17, 15) is 4.79 Å². The Morgan fingerprint density at radius 1 is 1.42 bits per heavy atom. The Hall–Kier alpha value is -1.85. The van der Waals surface area contributed by atoms with Crippen LogP contribution >= 0.6 is 0 Å². The summed E-state index contributed by atoms with van der Waals surface area (Å²) >= 11 is 0. The highest BCUT2D eigenvalue weighted by atomic mass is 16.4. The number of carboxylic acids is 1. The summed E-state index contributed by atoms with van der Waals surface area (Å²) in [7, 11) is 0. The molecule has 0 radical (unpaired) electrons. The molecule has 2 rings (SSSR count). The van der Waals surface area contributed by atoms with E-state index < -0.39 is 5.97 Å². The minimum Gasteiger partial charge on any atom is -0.480 e. The van der Waals surface area contributed by atoms with Crippen LogP contribution in [0.1, 0.15) is 26.2 Å². The molecule has 0 saturated carbocycles. The molecule has 0 aromatic carbocycles. The Balaban J connectivity index is 2.16. The molecule has 104 valence electrons. The summed E-state index contributed by atoms with van der Waals surface area (Å²) in [6.45, 7) is 4.72. The van der Waals surface area contributed by atoms with Crippen molar-refractivity contribution in [2.24, 2.45) is 0 Å². The van der Waals surface area contributed by atoms with Gasteiger partial charge in [-0.2, -0.15) is 0 Å². The van der Waals surface area contributed by atoms with Crippen molar-refractivity contribution in [2.75, 3.05) is 36.0 Å². The zero-order valence-electron chi connectivity index (χ0n) is 11.2. The average molecular weight is 264 g/mol. The van der Waals surface area contributed by atoms with Crippen LogP contribution in [0.3, 0.4) is 0 Å². The Morgan fingerprint density at radius 2 is 2.16 bits per heavy atom. The molecular weight excluding hydrogens is 244 g/mol. The van der Waals surface area contributed by atoms with Crippen molar-refractivity contribution in [3.8, 4) is 0 Å². The van der Waals surface area contributed by atoms with E-state index in [0.29, 0.717) is 12.4 Å². The predicted molar refractivity (Wildman–Crippen MR) is 73.6 cm³/mol. The van der Waals surface area contributed by atoms with E-state index in [1.807, 2.05) is 13.0 Å². The van der Waals surface area contributed by atoms with Crippen molar-refractivity contribution in [3.63, 3.8) is 0 Å². The second-order valence-electron chi connectivity index (χ2n) is 4.74. The van der Waals surface area contributed by atoms with E-state index in [1.165, 1.54) is 19.2 Å². The number of hydrogen-bond donors (Lipinski definition) is 1. The average Bonchev–Trinajstić information content (AvgIpc) is 2.92. The van der Waals surface area contributed by atoms with Gasteiger partial charge < -0.3 is 14.9 Å². The quantitative estimate of drug-likeness (QED) is 0.837. The Morgan fingerprint density at radius 3 is 2.79 bits per heavy atom. The van der Waals surface area contributed by atoms with Gasteiger partial charge in [0.05, 0.1) is 0 Å². The van der Waals surface area contributed by atoms with Crippen molar-refractivity contribution >= 4 is 17.6 Å². The highest BCUT2D eigenvalue weighted by molar-refractivity contribution is 5.73. The van der Waals surface area contributed by atoms with E-state index in [-0.39, 0.29) is 6.54 Å². The summed E-state index contributed by atoms with van der Waals surface area (Å²) in [4.78, 5) is 23.4. The topological polar surface area (TPSA) is 69.6 Å². The fraction of sp³-hybridized carbons (Fsp3) is 0.615. The third-order valence-electron chi connectivity index (χ3n) is 3.21. The molecule has 0 bridgehead atoms. The van der Waals surface area contributed by atoms with Gasteiger partial charge in [-0.25, -0.2) is 9.97 Å². The van der Waals surface area contributed by atoms with E-state index in [1.54, 1.807) is 4.90 Å². The van der Waals surface area contributed by atoms with Crippen LogP contribution in [-0.2, 0) is 4.79 Å². The van der Waals surface area contributed by atoms with Gasteiger partial charge in [0.2, 0.25) is 0 Å². The fourth-order valence-corrected chi connectivity index (χ4v) is 2.34. The number of carbonyl (C=O) groups is 1. The maximum atomic E-state index is 10.9. The van der Waals surface area contributed by atoms with Crippen molar-refractivity contribution in [1.82, 2.24) is 9.97 Å². The fourth-order valence-electron chi connectivity index (χ4n) is 2.34. The molecule has 19 heavy (non-hydrogen) atoms. The Bertz CT molecular complexity index is 432. The minimum atomic E-state index is -0.838. The summed E-state index contributed by atoms with van der Waals surface area (Å²) < 4.78 is 0. The number of carboxylic acid groups (broad SMARTS) is 1. The second kappa shape index (κ2) is 6.36. The molecule has 0 aliphatic carbocycles. The smallest absolute Gasteiger partial charge is 0.323 e. The normalized spacial score (nSPS) is 14.7. The monoisotopic (exact) mass is 264 g/mol. The number of nitrogens with zero attached hydrogens (tertiary/aromatic N) is 4. The minimum absolute atomic E-state index is 0.0235. The molecule has 1 N–H and O–H groups in total. The number of aromatic nitrogens is 2. The molecule has 0 amide bonds. The molecule has 0 spiro atoms. The summed E-state index contributed by atoms with van der Waals surface area (Å²) in [5.41, 5.74) is 0. The number of anilines is 2. The van der Waals surface area contributed by atoms with Crippen molar-refractivity contribution in [1.29, 1.82) is 0 Å². The van der Waals surface area contributed by atoms with Crippen LogP contribution in [-0.4, -0.2) is 47.2 Å². The molecule has 1 fully saturated rings. The summed E-state index contributed by atoms with van der Waals surface area (Å²) in [6.07, 6.45) is 4.78. The zero-order valence-corrected chi connectivity index (χ0v) is 11.2. The van der Waals surface area contributed by atoms with Crippen molar-refractivity contribution in [3.05, 3.63) is 12.4 Å². The molecule has 2 heterocycles. The molecule has 1 aliphatic rings. The van der Waals surface area contributed by atoms with Gasteiger partial charge in [0.15, 0.2) is 0 Å². The molecule has 6 nitrogen and oxygen atoms in total. The van der Waals surface area contributed by atoms with E-state index in [2.05, 4.69) is 14.9 Å². The van der Waals surface area contributed by atoms with Gasteiger partial charge in [0, 0.05) is 25.7 Å². The summed E-state index contributed by atoms with van der Waals surface area (Å²) in [5.74, 6) is 0.755. The number of hydrogen-bond acceptors (Lipinski definition) is 5. The Kier molecular flexibility index (Phi) is 4.54. The van der Waals surface area contributed by atoms with Gasteiger partial charge in [0.1, 0.15) is 24.5 Å². The first kappa shape index (κ1) is 13.6. The molecule has 0 atom stereocenters. The molecule has 6 heteroatoms. The molecule has 1 saturated heterocycles. The summed E-state index contributed by atoms with van der Waals surface area (Å²) in [6, 6.07) is 1.89. The lowest BCUT2D eigenvalue weighted by Crippen LogP contribution is -2.31. The molecule has 1 aromatic rings. The van der Waals surface area contributed by atoms with E-state index in [4.69, 9.17) is 5.11 Å². The third kappa shape index (κ3) is 3.56. The van der Waals surface area contributed by atoms with E-state index in [0.717, 1.165) is 25.3 Å². The molecule has 1 aliphatic heterocycles. The van der Waals surface area contributed by atoms with E-state index >= 15 is 0 Å². The van der Waals surface area contributed by atoms with Crippen LogP contribution in [0.4, 0.5) is 11.6 Å². The maximum Gasteiger partial charge on any atom is 0.323 e. The zero-order chi connectivity index (χ0) is 13.7. The van der Waals surface area contributed by atoms with Gasteiger partial charge in [0.25, 0.3) is 0 Å². The highest BCUT2D eigenvalue weighted by Gasteiger charge is 2.16. The maximum absolute atomic E-state index is 10.9. The van der Waals surface area contributed by atoms with Crippen LogP contribution in [0.25, 0.3) is 0 Å². The van der Waals surface area contributed by atoms with Crippen LogP contribution in [0.2, 0.25) is 0 Å². The lowest BCUT2D eigenvalue weighted by molar-refractivity contribution is -0.135. The van der Waals surface area contributed by atoms with Gasteiger partial charge in [-0.15, -0.1) is 0 Å². The number of aliphatic carboxylic acids is 1. The molecule has 0 unspecified atom stereocenters. The van der Waals surface area contributed by atoms with Gasteiger partial charge in [-0.3, -0.25) is 4.79 Å². The van der Waals surface area contributed by atoms with Crippen LogP contribution in [0.5, 0.6) is 0 Å².